The Morgan fingerprint density at radius 1 is 0.517 bits per heavy atom. The van der Waals surface area contributed by atoms with Crippen molar-refractivity contribution in [2.75, 3.05) is 4.90 Å². The fourth-order valence-electron chi connectivity index (χ4n) is 9.02. The molecule has 7 heteroatoms. The Balaban J connectivity index is 0.930. The molecule has 0 bridgehead atoms. The molecule has 1 aromatic heterocycles. The van der Waals surface area contributed by atoms with E-state index in [2.05, 4.69) is 126 Å². The van der Waals surface area contributed by atoms with Gasteiger partial charge in [-0.05, 0) is 71.8 Å². The number of ether oxygens (including phenoxy) is 2. The number of benzene rings is 6. The maximum atomic E-state index is 6.56. The maximum absolute atomic E-state index is 6.56. The predicted molar refractivity (Wildman–Crippen MR) is 229 cm³/mol. The summed E-state index contributed by atoms with van der Waals surface area (Å²) >= 11 is 1.83. The molecule has 0 saturated carbocycles. The highest BCUT2D eigenvalue weighted by atomic mass is 32.2. The highest BCUT2D eigenvalue weighted by molar-refractivity contribution is 7.99. The quantitative estimate of drug-likeness (QED) is 0.173. The van der Waals surface area contributed by atoms with Crippen LogP contribution < -0.4 is 14.4 Å². The zero-order chi connectivity index (χ0) is 38.2. The molecule has 7 aromatic rings. The smallest absolute Gasteiger partial charge is 0.163 e. The number of hydrogen-bond acceptors (Lipinski definition) is 7. The first-order chi connectivity index (χ1) is 28.7. The van der Waals surface area contributed by atoms with Gasteiger partial charge in [-0.25, -0.2) is 15.0 Å². The predicted octanol–water partition coefficient (Wildman–Crippen LogP) is 12.2. The summed E-state index contributed by atoms with van der Waals surface area (Å²) in [6.07, 6.45) is 12.9. The largest absolute Gasteiger partial charge is 0.485 e. The summed E-state index contributed by atoms with van der Waals surface area (Å²) in [6.45, 7) is 0. The third kappa shape index (κ3) is 5.38. The SMILES string of the molecule is C1=CC2Oc3ccccc3C2C(N2c3ccccc3Sc3cc(-c4ccc5c(c4)C4C(=CC=CC4c4nc(-c6ccccc6)nc(-c6ccccc6)n4)O5)ccc32)=C1. The van der Waals surface area contributed by atoms with Crippen LogP contribution in [-0.4, -0.2) is 21.1 Å². The van der Waals surface area contributed by atoms with E-state index in [1.807, 2.05) is 72.4 Å². The molecule has 4 heterocycles. The molecular formula is C51H34N4O2S. The van der Waals surface area contributed by atoms with E-state index >= 15 is 0 Å². The zero-order valence-electron chi connectivity index (χ0n) is 31.1. The van der Waals surface area contributed by atoms with Crippen LogP contribution in [0.4, 0.5) is 11.4 Å². The lowest BCUT2D eigenvalue weighted by Gasteiger charge is -2.38. The third-order valence-corrected chi connectivity index (χ3v) is 12.8. The molecule has 3 aliphatic heterocycles. The van der Waals surface area contributed by atoms with Crippen LogP contribution in [0, 0.1) is 0 Å². The third-order valence-electron chi connectivity index (χ3n) is 11.7. The number of rotatable bonds is 5. The summed E-state index contributed by atoms with van der Waals surface area (Å²) in [5.74, 6) is 4.62. The van der Waals surface area contributed by atoms with Gasteiger partial charge in [0.15, 0.2) is 11.6 Å². The molecule has 58 heavy (non-hydrogen) atoms. The van der Waals surface area contributed by atoms with Gasteiger partial charge in [0.2, 0.25) is 0 Å². The van der Waals surface area contributed by atoms with E-state index in [1.165, 1.54) is 32.4 Å². The first-order valence-corrected chi connectivity index (χ1v) is 20.5. The number of anilines is 2. The van der Waals surface area contributed by atoms with Crippen molar-refractivity contribution in [2.24, 2.45) is 0 Å². The second-order valence-corrected chi connectivity index (χ2v) is 16.1. The lowest BCUT2D eigenvalue weighted by atomic mass is 9.81. The molecule has 0 spiro atoms. The molecule has 5 aliphatic rings. The molecule has 4 unspecified atom stereocenters. The van der Waals surface area contributed by atoms with E-state index < -0.39 is 0 Å². The summed E-state index contributed by atoms with van der Waals surface area (Å²) in [7, 11) is 0. The molecule has 4 atom stereocenters. The highest BCUT2D eigenvalue weighted by Gasteiger charge is 2.42. The number of nitrogens with zero attached hydrogens (tertiary/aromatic N) is 4. The molecule has 2 aliphatic carbocycles. The van der Waals surface area contributed by atoms with Crippen LogP contribution in [0.1, 0.15) is 34.7 Å². The summed E-state index contributed by atoms with van der Waals surface area (Å²) in [6, 6.07) is 50.9. The van der Waals surface area contributed by atoms with Crippen LogP contribution in [0.3, 0.4) is 0 Å². The summed E-state index contributed by atoms with van der Waals surface area (Å²) in [5, 5.41) is 0. The maximum Gasteiger partial charge on any atom is 0.163 e. The minimum Gasteiger partial charge on any atom is -0.485 e. The molecule has 6 nitrogen and oxygen atoms in total. The van der Waals surface area contributed by atoms with Gasteiger partial charge in [0.05, 0.1) is 29.1 Å². The summed E-state index contributed by atoms with van der Waals surface area (Å²) in [5.41, 5.74) is 10.1. The molecule has 0 fully saturated rings. The molecule has 276 valence electrons. The highest BCUT2D eigenvalue weighted by Crippen LogP contribution is 2.56. The number of para-hydroxylation sites is 2. The minimum atomic E-state index is -0.153. The fraction of sp³-hybridized carbons (Fsp3) is 0.0784. The first-order valence-electron chi connectivity index (χ1n) is 19.7. The van der Waals surface area contributed by atoms with Crippen molar-refractivity contribution in [3.63, 3.8) is 0 Å². The lowest BCUT2D eigenvalue weighted by Crippen LogP contribution is -2.30. The second kappa shape index (κ2) is 13.3. The summed E-state index contributed by atoms with van der Waals surface area (Å²) in [4.78, 5) is 20.1. The monoisotopic (exact) mass is 766 g/mol. The van der Waals surface area contributed by atoms with Gasteiger partial charge in [-0.2, -0.15) is 0 Å². The fourth-order valence-corrected chi connectivity index (χ4v) is 10.1. The number of allylic oxidation sites excluding steroid dienone is 6. The van der Waals surface area contributed by atoms with E-state index in [9.17, 15) is 0 Å². The van der Waals surface area contributed by atoms with Gasteiger partial charge < -0.3 is 14.4 Å². The first kappa shape index (κ1) is 33.2. The van der Waals surface area contributed by atoms with Crippen molar-refractivity contribution < 1.29 is 9.47 Å². The van der Waals surface area contributed by atoms with Crippen LogP contribution in [0.2, 0.25) is 0 Å². The standard InChI is InChI=1S/C51H34N4O2S/c1-3-13-31(14-4-1)49-52-50(32-15-5-2-6-16-32)54-51(53-49)36-18-11-22-43-47(36)37-29-33(26-28-42(37)57-43)34-25-27-39-46(30-34)58-45-24-10-8-19-38(45)55(39)40-20-12-23-44-48(40)35-17-7-9-21-41(35)56-44/h1-30,36,44,47-48H. The van der Waals surface area contributed by atoms with Crippen molar-refractivity contribution in [1.29, 1.82) is 0 Å². The minimum absolute atomic E-state index is 0.0414. The average Bonchev–Trinajstić information content (AvgIpc) is 3.87. The molecule has 12 rings (SSSR count). The van der Waals surface area contributed by atoms with Gasteiger partial charge in [-0.1, -0.05) is 133 Å². The molecule has 6 aromatic carbocycles. The normalized spacial score (nSPS) is 20.3. The van der Waals surface area contributed by atoms with Crippen LogP contribution in [-0.2, 0) is 0 Å². The van der Waals surface area contributed by atoms with Crippen LogP contribution in [0.25, 0.3) is 33.9 Å². The average molecular weight is 767 g/mol. The zero-order valence-corrected chi connectivity index (χ0v) is 32.0. The topological polar surface area (TPSA) is 60.4 Å². The van der Waals surface area contributed by atoms with Gasteiger partial charge in [0, 0.05) is 37.7 Å². The van der Waals surface area contributed by atoms with Crippen molar-refractivity contribution >= 4 is 23.1 Å². The van der Waals surface area contributed by atoms with E-state index in [4.69, 9.17) is 24.4 Å². The van der Waals surface area contributed by atoms with Crippen molar-refractivity contribution in [1.82, 2.24) is 15.0 Å². The Morgan fingerprint density at radius 3 is 2.03 bits per heavy atom. The van der Waals surface area contributed by atoms with E-state index in [1.54, 1.807) is 0 Å². The second-order valence-electron chi connectivity index (χ2n) is 15.0. The number of aromatic nitrogens is 3. The lowest BCUT2D eigenvalue weighted by molar-refractivity contribution is 0.264. The van der Waals surface area contributed by atoms with Gasteiger partial charge in [0.1, 0.15) is 29.2 Å². The molecule has 0 saturated heterocycles. The van der Waals surface area contributed by atoms with Crippen LogP contribution in [0.5, 0.6) is 11.5 Å². The van der Waals surface area contributed by atoms with E-state index in [0.717, 1.165) is 50.9 Å². The van der Waals surface area contributed by atoms with Crippen LogP contribution >= 0.6 is 11.8 Å². The Kier molecular flexibility index (Phi) is 7.63. The van der Waals surface area contributed by atoms with Gasteiger partial charge in [-0.15, -0.1) is 0 Å². The van der Waals surface area contributed by atoms with E-state index in [-0.39, 0.29) is 23.9 Å². The molecule has 0 amide bonds. The van der Waals surface area contributed by atoms with Crippen molar-refractivity contribution in [3.8, 4) is 45.4 Å². The molecular weight excluding hydrogens is 733 g/mol. The van der Waals surface area contributed by atoms with E-state index in [0.29, 0.717) is 11.6 Å². The number of hydrogen-bond donors (Lipinski definition) is 0. The van der Waals surface area contributed by atoms with Gasteiger partial charge in [-0.3, -0.25) is 0 Å². The van der Waals surface area contributed by atoms with Crippen LogP contribution in [0.15, 0.2) is 203 Å². The Morgan fingerprint density at radius 2 is 1.21 bits per heavy atom. The number of fused-ring (bicyclic) bond motifs is 8. The Hall–Kier alpha value is -6.96. The Labute approximate surface area is 340 Å². The van der Waals surface area contributed by atoms with Gasteiger partial charge in [0.25, 0.3) is 0 Å². The summed E-state index contributed by atoms with van der Waals surface area (Å²) < 4.78 is 13.0. The van der Waals surface area contributed by atoms with Gasteiger partial charge >= 0.3 is 0 Å². The van der Waals surface area contributed by atoms with Crippen molar-refractivity contribution in [2.45, 2.75) is 33.6 Å². The Bertz CT molecular complexity index is 2860. The molecule has 0 N–H and O–H groups in total. The molecule has 0 radical (unpaired) electrons. The van der Waals surface area contributed by atoms with Crippen molar-refractivity contribution in [3.05, 3.63) is 210 Å².